The Morgan fingerprint density at radius 3 is 2.36 bits per heavy atom. The van der Waals surface area contributed by atoms with Gasteiger partial charge in [0, 0.05) is 26.3 Å². The van der Waals surface area contributed by atoms with Crippen molar-refractivity contribution in [2.75, 3.05) is 5.88 Å². The minimum Gasteiger partial charge on any atom is -0.122 e. The van der Waals surface area contributed by atoms with E-state index in [1.165, 1.54) is 5.56 Å². The van der Waals surface area contributed by atoms with Crippen molar-refractivity contribution in [3.05, 3.63) is 42.0 Å². The molecule has 0 fully saturated rings. The predicted molar refractivity (Wildman–Crippen MR) is 46.2 cm³/mol. The van der Waals surface area contributed by atoms with Gasteiger partial charge >= 0.3 is 0 Å². The Bertz CT molecular complexity index is 206. The average Bonchev–Trinajstić information content (AvgIpc) is 2.03. The Morgan fingerprint density at radius 1 is 1.18 bits per heavy atom. The fourth-order valence-corrected chi connectivity index (χ4v) is 0.834. The van der Waals surface area contributed by atoms with E-state index >= 15 is 0 Å². The van der Waals surface area contributed by atoms with E-state index in [2.05, 4.69) is 0 Å². The molecule has 0 saturated carbocycles. The van der Waals surface area contributed by atoms with E-state index in [1.807, 2.05) is 42.5 Å². The topological polar surface area (TPSA) is 0 Å². The summed E-state index contributed by atoms with van der Waals surface area (Å²) in [7, 11) is 0. The number of alkyl halides is 1. The monoisotopic (exact) mass is 258 g/mol. The van der Waals surface area contributed by atoms with Crippen LogP contribution in [0, 0.1) is 0 Å². The quantitative estimate of drug-likeness (QED) is 0.565. The molecule has 11 heavy (non-hydrogen) atoms. The van der Waals surface area contributed by atoms with E-state index in [0.29, 0.717) is 5.88 Å². The summed E-state index contributed by atoms with van der Waals surface area (Å²) in [5.74, 6) is 0.578. The third-order valence-electron chi connectivity index (χ3n) is 1.20. The molecule has 0 nitrogen and oxygen atoms in total. The molecule has 0 spiro atoms. The van der Waals surface area contributed by atoms with Crippen molar-refractivity contribution in [2.45, 2.75) is 0 Å². The Kier molecular flexibility index (Phi) is 6.56. The summed E-state index contributed by atoms with van der Waals surface area (Å²) in [4.78, 5) is 0. The van der Waals surface area contributed by atoms with Gasteiger partial charge in [-0.2, -0.15) is 0 Å². The molecule has 62 valence electrons. The number of hydrogen-bond acceptors (Lipinski definition) is 0. The first-order chi connectivity index (χ1) is 4.93. The molecule has 0 aliphatic heterocycles. The van der Waals surface area contributed by atoms with Crippen molar-refractivity contribution >= 4 is 17.7 Å². The van der Waals surface area contributed by atoms with Gasteiger partial charge in [0.1, 0.15) is 0 Å². The molecule has 2 heteroatoms. The molecule has 1 aromatic carbocycles. The van der Waals surface area contributed by atoms with Crippen LogP contribution in [0.1, 0.15) is 5.56 Å². The fraction of sp³-hybridized carbons (Fsp3) is 0.111. The largest absolute Gasteiger partial charge is 0.122 e. The molecule has 0 aromatic heterocycles. The van der Waals surface area contributed by atoms with Crippen molar-refractivity contribution in [2.24, 2.45) is 0 Å². The molecule has 0 aliphatic rings. The molecular weight excluding hydrogens is 250 g/mol. The Hall–Kier alpha value is -0.0877. The van der Waals surface area contributed by atoms with Crippen LogP contribution in [0.5, 0.6) is 0 Å². The number of hydrogen-bond donors (Lipinski definition) is 0. The van der Waals surface area contributed by atoms with Gasteiger partial charge in [0.25, 0.3) is 0 Å². The minimum atomic E-state index is 0. The van der Waals surface area contributed by atoms with Crippen molar-refractivity contribution < 1.29 is 20.4 Å². The van der Waals surface area contributed by atoms with Crippen molar-refractivity contribution in [3.63, 3.8) is 0 Å². The Labute approximate surface area is 85.9 Å². The Balaban J connectivity index is 0.000001000. The summed E-state index contributed by atoms with van der Waals surface area (Å²) in [6, 6.07) is 10.1. The second-order valence-corrected chi connectivity index (χ2v) is 2.28. The normalized spacial score (nSPS) is 9.55. The van der Waals surface area contributed by atoms with E-state index in [1.54, 1.807) is 0 Å². The van der Waals surface area contributed by atoms with Gasteiger partial charge in [-0.25, -0.2) is 0 Å². The summed E-state index contributed by atoms with van der Waals surface area (Å²) in [5.41, 5.74) is 1.20. The fourth-order valence-electron chi connectivity index (χ4n) is 0.745. The van der Waals surface area contributed by atoms with Crippen LogP contribution in [-0.4, -0.2) is 5.88 Å². The van der Waals surface area contributed by atoms with Gasteiger partial charge < -0.3 is 0 Å². The molecule has 0 heterocycles. The summed E-state index contributed by atoms with van der Waals surface area (Å²) in [6.07, 6.45) is 3.93. The second kappa shape index (κ2) is 6.61. The molecule has 0 saturated heterocycles. The number of rotatable bonds is 2. The van der Waals surface area contributed by atoms with E-state index in [-0.39, 0.29) is 20.4 Å². The average molecular weight is 259 g/mol. The van der Waals surface area contributed by atoms with Gasteiger partial charge in [-0.3, -0.25) is 0 Å². The van der Waals surface area contributed by atoms with Gasteiger partial charge in [0.05, 0.1) is 0 Å². The Morgan fingerprint density at radius 2 is 1.82 bits per heavy atom. The van der Waals surface area contributed by atoms with Crippen molar-refractivity contribution in [1.29, 1.82) is 0 Å². The van der Waals surface area contributed by atoms with Crippen LogP contribution in [-0.2, 0) is 20.4 Å². The molecular formula is C9H9ClPd. The van der Waals surface area contributed by atoms with Crippen LogP contribution >= 0.6 is 11.6 Å². The number of benzene rings is 1. The van der Waals surface area contributed by atoms with Gasteiger partial charge in [0.15, 0.2) is 0 Å². The maximum Gasteiger partial charge on any atom is 0.0407 e. The summed E-state index contributed by atoms with van der Waals surface area (Å²) in [6.45, 7) is 0. The zero-order valence-electron chi connectivity index (χ0n) is 5.94. The molecule has 0 N–H and O–H groups in total. The van der Waals surface area contributed by atoms with E-state index in [0.717, 1.165) is 0 Å². The van der Waals surface area contributed by atoms with Gasteiger partial charge in [-0.15, -0.1) is 11.6 Å². The maximum absolute atomic E-state index is 5.46. The molecule has 0 aliphatic carbocycles. The van der Waals surface area contributed by atoms with Gasteiger partial charge in [-0.05, 0) is 5.56 Å². The molecule has 0 amide bonds. The van der Waals surface area contributed by atoms with Crippen LogP contribution < -0.4 is 0 Å². The third kappa shape index (κ3) is 4.37. The van der Waals surface area contributed by atoms with E-state index in [4.69, 9.17) is 11.6 Å². The minimum absolute atomic E-state index is 0. The van der Waals surface area contributed by atoms with E-state index in [9.17, 15) is 0 Å². The molecule has 0 bridgehead atoms. The SMILES string of the molecule is ClC/C=C/c1ccccc1.[Pd]. The number of halogens is 1. The first-order valence-corrected chi connectivity index (χ1v) is 3.74. The molecule has 0 atom stereocenters. The first kappa shape index (κ1) is 10.9. The molecule has 1 aromatic rings. The van der Waals surface area contributed by atoms with Crippen molar-refractivity contribution in [1.82, 2.24) is 0 Å². The van der Waals surface area contributed by atoms with Crippen LogP contribution in [0.3, 0.4) is 0 Å². The van der Waals surface area contributed by atoms with Crippen LogP contribution in [0.15, 0.2) is 36.4 Å². The summed E-state index contributed by atoms with van der Waals surface area (Å²) in [5, 5.41) is 0. The van der Waals surface area contributed by atoms with Gasteiger partial charge in [-0.1, -0.05) is 42.5 Å². The zero-order valence-corrected chi connectivity index (χ0v) is 8.25. The first-order valence-electron chi connectivity index (χ1n) is 3.21. The number of allylic oxidation sites excluding steroid dienone is 1. The van der Waals surface area contributed by atoms with Crippen LogP contribution in [0.25, 0.3) is 6.08 Å². The van der Waals surface area contributed by atoms with Crippen LogP contribution in [0.4, 0.5) is 0 Å². The van der Waals surface area contributed by atoms with E-state index < -0.39 is 0 Å². The summed E-state index contributed by atoms with van der Waals surface area (Å²) < 4.78 is 0. The standard InChI is InChI=1S/C9H9Cl.Pd/c10-8-4-7-9-5-2-1-3-6-9;/h1-7H,8H2;/b7-4+;. The van der Waals surface area contributed by atoms with Gasteiger partial charge in [0.2, 0.25) is 0 Å². The molecule has 0 unspecified atom stereocenters. The zero-order chi connectivity index (χ0) is 7.23. The second-order valence-electron chi connectivity index (χ2n) is 1.97. The molecule has 0 radical (unpaired) electrons. The smallest absolute Gasteiger partial charge is 0.0407 e. The maximum atomic E-state index is 5.46. The van der Waals surface area contributed by atoms with Crippen LogP contribution in [0.2, 0.25) is 0 Å². The summed E-state index contributed by atoms with van der Waals surface area (Å²) >= 11 is 5.46. The predicted octanol–water partition coefficient (Wildman–Crippen LogP) is 2.94. The third-order valence-corrected chi connectivity index (χ3v) is 1.38. The molecule has 1 rings (SSSR count). The van der Waals surface area contributed by atoms with Crippen molar-refractivity contribution in [3.8, 4) is 0 Å².